The van der Waals surface area contributed by atoms with Crippen molar-refractivity contribution in [1.29, 1.82) is 0 Å². The zero-order chi connectivity index (χ0) is 15.3. The fraction of sp³-hybridized carbons (Fsp3) is 0.385. The molecule has 1 unspecified atom stereocenters. The molecule has 0 aliphatic heterocycles. The third kappa shape index (κ3) is 3.86. The van der Waals surface area contributed by atoms with Crippen LogP contribution in [0.4, 0.5) is 0 Å². The number of halogens is 1. The maximum absolute atomic E-state index is 12.1. The molecule has 1 amide bonds. The van der Waals surface area contributed by atoms with Gasteiger partial charge in [-0.3, -0.25) is 9.59 Å². The van der Waals surface area contributed by atoms with Crippen molar-refractivity contribution in [2.24, 2.45) is 5.92 Å². The van der Waals surface area contributed by atoms with Crippen LogP contribution in [0, 0.1) is 5.92 Å². The lowest BCUT2D eigenvalue weighted by Crippen LogP contribution is -2.31. The maximum Gasteiger partial charge on any atom is 0.308 e. The number of methoxy groups -OCH3 is 2. The highest BCUT2D eigenvalue weighted by molar-refractivity contribution is 9.10. The van der Waals surface area contributed by atoms with E-state index in [0.29, 0.717) is 16.0 Å². The van der Waals surface area contributed by atoms with Gasteiger partial charge >= 0.3 is 5.97 Å². The first-order valence-electron chi connectivity index (χ1n) is 5.83. The zero-order valence-corrected chi connectivity index (χ0v) is 13.0. The standard InChI is InChI=1S/C13H16BrNO5/c1-7(13(17)18)6-15-12(16)9-4-8(19-2)5-10(14)11(9)20-3/h4-5,7H,6H2,1-3H3,(H,15,16)(H,17,18). The van der Waals surface area contributed by atoms with E-state index in [2.05, 4.69) is 21.2 Å². The zero-order valence-electron chi connectivity index (χ0n) is 11.4. The molecule has 1 rings (SSSR count). The highest BCUT2D eigenvalue weighted by Gasteiger charge is 2.19. The summed E-state index contributed by atoms with van der Waals surface area (Å²) in [5, 5.41) is 11.3. The van der Waals surface area contributed by atoms with E-state index in [9.17, 15) is 9.59 Å². The van der Waals surface area contributed by atoms with Gasteiger partial charge in [-0.25, -0.2) is 0 Å². The summed E-state index contributed by atoms with van der Waals surface area (Å²) in [6.45, 7) is 1.55. The van der Waals surface area contributed by atoms with Gasteiger partial charge in [-0.2, -0.15) is 0 Å². The number of ether oxygens (including phenoxy) is 2. The number of hydrogen-bond donors (Lipinski definition) is 2. The number of carbonyl (C=O) groups is 2. The van der Waals surface area contributed by atoms with Crippen molar-refractivity contribution >= 4 is 27.8 Å². The molecule has 0 radical (unpaired) electrons. The second-order valence-corrected chi connectivity index (χ2v) is 4.99. The molecule has 0 heterocycles. The molecule has 7 heteroatoms. The first kappa shape index (κ1) is 16.3. The first-order chi connectivity index (χ1) is 9.40. The second-order valence-electron chi connectivity index (χ2n) is 4.14. The van der Waals surface area contributed by atoms with Crippen LogP contribution in [-0.2, 0) is 4.79 Å². The molecule has 110 valence electrons. The molecule has 0 aromatic heterocycles. The molecular weight excluding hydrogens is 330 g/mol. The van der Waals surface area contributed by atoms with Gasteiger partial charge < -0.3 is 19.9 Å². The summed E-state index contributed by atoms with van der Waals surface area (Å²) in [5.74, 6) is -1.20. The highest BCUT2D eigenvalue weighted by atomic mass is 79.9. The van der Waals surface area contributed by atoms with Gasteiger partial charge in [-0.15, -0.1) is 0 Å². The van der Waals surface area contributed by atoms with E-state index in [4.69, 9.17) is 14.6 Å². The lowest BCUT2D eigenvalue weighted by Gasteiger charge is -2.13. The molecular formula is C13H16BrNO5. The Kier molecular flexibility index (Phi) is 5.82. The summed E-state index contributed by atoms with van der Waals surface area (Å²) in [5.41, 5.74) is 0.274. The molecule has 6 nitrogen and oxygen atoms in total. The van der Waals surface area contributed by atoms with E-state index in [-0.39, 0.29) is 12.1 Å². The van der Waals surface area contributed by atoms with Gasteiger partial charge in [-0.1, -0.05) is 6.92 Å². The van der Waals surface area contributed by atoms with Crippen molar-refractivity contribution in [3.8, 4) is 11.5 Å². The number of carbonyl (C=O) groups excluding carboxylic acids is 1. The van der Waals surface area contributed by atoms with E-state index in [1.807, 2.05) is 0 Å². The number of aliphatic carboxylic acids is 1. The third-order valence-electron chi connectivity index (χ3n) is 2.69. The first-order valence-corrected chi connectivity index (χ1v) is 6.62. The van der Waals surface area contributed by atoms with E-state index >= 15 is 0 Å². The van der Waals surface area contributed by atoms with Crippen LogP contribution in [0.2, 0.25) is 0 Å². The lowest BCUT2D eigenvalue weighted by molar-refractivity contribution is -0.140. The summed E-state index contributed by atoms with van der Waals surface area (Å²) < 4.78 is 10.8. The second kappa shape index (κ2) is 7.14. The number of carboxylic acid groups (broad SMARTS) is 1. The molecule has 20 heavy (non-hydrogen) atoms. The normalized spacial score (nSPS) is 11.6. The largest absolute Gasteiger partial charge is 0.497 e. The van der Waals surface area contributed by atoms with Crippen LogP contribution in [0.3, 0.4) is 0 Å². The Balaban J connectivity index is 2.96. The summed E-state index contributed by atoms with van der Waals surface area (Å²) >= 11 is 3.29. The van der Waals surface area contributed by atoms with E-state index in [0.717, 1.165) is 0 Å². The maximum atomic E-state index is 12.1. The summed E-state index contributed by atoms with van der Waals surface area (Å²) in [6, 6.07) is 3.21. The van der Waals surface area contributed by atoms with Crippen molar-refractivity contribution < 1.29 is 24.2 Å². The molecule has 0 aliphatic rings. The quantitative estimate of drug-likeness (QED) is 0.822. The minimum Gasteiger partial charge on any atom is -0.497 e. The molecule has 0 saturated heterocycles. The molecule has 2 N–H and O–H groups in total. The molecule has 0 spiro atoms. The number of hydrogen-bond acceptors (Lipinski definition) is 4. The van der Waals surface area contributed by atoms with Crippen LogP contribution in [0.5, 0.6) is 11.5 Å². The SMILES string of the molecule is COc1cc(Br)c(OC)c(C(=O)NCC(C)C(=O)O)c1. The Hall–Kier alpha value is -1.76. The van der Waals surface area contributed by atoms with E-state index in [1.165, 1.54) is 27.2 Å². The van der Waals surface area contributed by atoms with Gasteiger partial charge in [-0.05, 0) is 28.1 Å². The minimum atomic E-state index is -0.968. The van der Waals surface area contributed by atoms with Gasteiger partial charge in [0, 0.05) is 6.54 Å². The molecule has 1 atom stereocenters. The Bertz CT molecular complexity index is 518. The van der Waals surface area contributed by atoms with Gasteiger partial charge in [0.2, 0.25) is 0 Å². The van der Waals surface area contributed by atoms with Crippen LogP contribution in [0.1, 0.15) is 17.3 Å². The van der Waals surface area contributed by atoms with Gasteiger partial charge in [0.25, 0.3) is 5.91 Å². The molecule has 1 aromatic rings. The van der Waals surface area contributed by atoms with Crippen LogP contribution in [-0.4, -0.2) is 37.7 Å². The third-order valence-corrected chi connectivity index (χ3v) is 3.28. The highest BCUT2D eigenvalue weighted by Crippen LogP contribution is 2.33. The van der Waals surface area contributed by atoms with Crippen molar-refractivity contribution in [3.63, 3.8) is 0 Å². The Labute approximate surface area is 125 Å². The molecule has 0 bridgehead atoms. The van der Waals surface area contributed by atoms with Gasteiger partial charge in [0.15, 0.2) is 0 Å². The summed E-state index contributed by atoms with van der Waals surface area (Å²) in [4.78, 5) is 22.8. The number of nitrogens with one attached hydrogen (secondary N) is 1. The average Bonchev–Trinajstić information content (AvgIpc) is 2.42. The Morgan fingerprint density at radius 3 is 2.50 bits per heavy atom. The number of carboxylic acids is 1. The fourth-order valence-electron chi connectivity index (χ4n) is 1.49. The van der Waals surface area contributed by atoms with Crippen molar-refractivity contribution in [2.45, 2.75) is 6.92 Å². The monoisotopic (exact) mass is 345 g/mol. The predicted octanol–water partition coefficient (Wildman–Crippen LogP) is 1.92. The summed E-state index contributed by atoms with van der Waals surface area (Å²) in [6.07, 6.45) is 0. The number of rotatable bonds is 6. The smallest absolute Gasteiger partial charge is 0.308 e. The lowest BCUT2D eigenvalue weighted by atomic mass is 10.1. The minimum absolute atomic E-state index is 0.0339. The topological polar surface area (TPSA) is 84.9 Å². The average molecular weight is 346 g/mol. The van der Waals surface area contributed by atoms with Crippen LogP contribution >= 0.6 is 15.9 Å². The predicted molar refractivity (Wildman–Crippen MR) is 76.4 cm³/mol. The molecule has 0 aliphatic carbocycles. The van der Waals surface area contributed by atoms with Crippen LogP contribution < -0.4 is 14.8 Å². The van der Waals surface area contributed by atoms with E-state index < -0.39 is 17.8 Å². The van der Waals surface area contributed by atoms with Crippen LogP contribution in [0.15, 0.2) is 16.6 Å². The molecule has 1 aromatic carbocycles. The van der Waals surface area contributed by atoms with Crippen molar-refractivity contribution in [1.82, 2.24) is 5.32 Å². The van der Waals surface area contributed by atoms with Crippen LogP contribution in [0.25, 0.3) is 0 Å². The molecule has 0 fully saturated rings. The molecule has 0 saturated carbocycles. The Morgan fingerprint density at radius 2 is 2.00 bits per heavy atom. The van der Waals surface area contributed by atoms with Gasteiger partial charge in [0.1, 0.15) is 11.5 Å². The Morgan fingerprint density at radius 1 is 1.35 bits per heavy atom. The van der Waals surface area contributed by atoms with Crippen molar-refractivity contribution in [3.05, 3.63) is 22.2 Å². The van der Waals surface area contributed by atoms with E-state index in [1.54, 1.807) is 6.07 Å². The fourth-order valence-corrected chi connectivity index (χ4v) is 2.09. The number of benzene rings is 1. The summed E-state index contributed by atoms with van der Waals surface area (Å²) in [7, 11) is 2.94. The number of amides is 1. The van der Waals surface area contributed by atoms with Gasteiger partial charge in [0.05, 0.1) is 30.2 Å². The van der Waals surface area contributed by atoms with Crippen molar-refractivity contribution in [2.75, 3.05) is 20.8 Å².